The Morgan fingerprint density at radius 1 is 0.964 bits per heavy atom. The molecule has 152 valence electrons. The Kier molecular flexibility index (Phi) is 4.55. The van der Waals surface area contributed by atoms with Crippen molar-refractivity contribution in [3.05, 3.63) is 35.9 Å². The van der Waals surface area contributed by atoms with Gasteiger partial charge in [-0.2, -0.15) is 4.31 Å². The average molecular weight is 403 g/mol. The molecule has 1 amide bonds. The Morgan fingerprint density at radius 2 is 1.68 bits per heavy atom. The van der Waals surface area contributed by atoms with Crippen LogP contribution >= 0.6 is 0 Å². The summed E-state index contributed by atoms with van der Waals surface area (Å²) >= 11 is 0. The van der Waals surface area contributed by atoms with E-state index in [1.807, 2.05) is 18.2 Å². The van der Waals surface area contributed by atoms with E-state index in [2.05, 4.69) is 17.0 Å². The number of likely N-dealkylation sites (tertiary alicyclic amines) is 1. The van der Waals surface area contributed by atoms with Gasteiger partial charge in [0.15, 0.2) is 0 Å². The highest BCUT2D eigenvalue weighted by molar-refractivity contribution is 7.90. The van der Waals surface area contributed by atoms with Crippen molar-refractivity contribution in [3.8, 4) is 0 Å². The normalized spacial score (nSPS) is 32.5. The summed E-state index contributed by atoms with van der Waals surface area (Å²) in [7, 11) is -3.27. The minimum Gasteiger partial charge on any atom is -0.338 e. The van der Waals surface area contributed by atoms with Crippen molar-refractivity contribution in [2.75, 3.05) is 13.1 Å². The zero-order valence-corrected chi connectivity index (χ0v) is 17.2. The maximum Gasteiger partial charge on any atom is 0.222 e. The predicted molar refractivity (Wildman–Crippen MR) is 108 cm³/mol. The minimum atomic E-state index is -3.27. The third-order valence-corrected chi connectivity index (χ3v) is 10.0. The van der Waals surface area contributed by atoms with Gasteiger partial charge in [0.25, 0.3) is 0 Å². The number of rotatable bonds is 4. The fourth-order valence-electron chi connectivity index (χ4n) is 5.91. The lowest BCUT2D eigenvalue weighted by atomic mass is 9.71. The van der Waals surface area contributed by atoms with Crippen molar-refractivity contribution >= 4 is 15.9 Å². The highest BCUT2D eigenvalue weighted by Gasteiger charge is 2.57. The van der Waals surface area contributed by atoms with Gasteiger partial charge >= 0.3 is 0 Å². The van der Waals surface area contributed by atoms with Crippen molar-refractivity contribution in [3.63, 3.8) is 0 Å². The quantitative estimate of drug-likeness (QED) is 0.778. The number of carbonyl (C=O) groups is 1. The highest BCUT2D eigenvalue weighted by Crippen LogP contribution is 2.49. The number of sulfonamides is 1. The second kappa shape index (κ2) is 6.84. The summed E-state index contributed by atoms with van der Waals surface area (Å²) in [6.45, 7) is 1.15. The van der Waals surface area contributed by atoms with Gasteiger partial charge in [-0.15, -0.1) is 0 Å². The van der Waals surface area contributed by atoms with Gasteiger partial charge in [-0.05, 0) is 44.1 Å². The molecule has 5 nitrogen and oxygen atoms in total. The Labute approximate surface area is 168 Å². The Hall–Kier alpha value is -1.40. The average Bonchev–Trinajstić information content (AvgIpc) is 3.35. The van der Waals surface area contributed by atoms with Gasteiger partial charge in [0.05, 0.1) is 11.3 Å². The van der Waals surface area contributed by atoms with Gasteiger partial charge in [0.1, 0.15) is 0 Å². The smallest absolute Gasteiger partial charge is 0.222 e. The van der Waals surface area contributed by atoms with Crippen LogP contribution in [-0.4, -0.2) is 54.0 Å². The molecule has 2 atom stereocenters. The zero-order chi connectivity index (χ0) is 19.4. The molecular formula is C22H30N2O3S. The van der Waals surface area contributed by atoms with E-state index in [0.29, 0.717) is 25.6 Å². The van der Waals surface area contributed by atoms with E-state index in [1.54, 1.807) is 4.31 Å². The minimum absolute atomic E-state index is 0.132. The maximum atomic E-state index is 13.3. The first-order valence-corrected chi connectivity index (χ1v) is 12.4. The molecule has 2 aliphatic carbocycles. The molecule has 5 rings (SSSR count). The van der Waals surface area contributed by atoms with E-state index in [-0.39, 0.29) is 22.6 Å². The largest absolute Gasteiger partial charge is 0.338 e. The van der Waals surface area contributed by atoms with Crippen LogP contribution in [0.2, 0.25) is 0 Å². The number of hydrogen-bond donors (Lipinski definition) is 0. The monoisotopic (exact) mass is 402 g/mol. The predicted octanol–water partition coefficient (Wildman–Crippen LogP) is 3.06. The summed E-state index contributed by atoms with van der Waals surface area (Å²) in [6, 6.07) is 10.5. The van der Waals surface area contributed by atoms with Crippen LogP contribution in [-0.2, 0) is 20.2 Å². The molecule has 0 N–H and O–H groups in total. The molecule has 4 aliphatic rings. The van der Waals surface area contributed by atoms with Crippen molar-refractivity contribution in [2.24, 2.45) is 0 Å². The van der Waals surface area contributed by atoms with E-state index in [4.69, 9.17) is 0 Å². The molecule has 4 fully saturated rings. The molecular weight excluding hydrogens is 372 g/mol. The van der Waals surface area contributed by atoms with E-state index in [1.165, 1.54) is 18.4 Å². The Morgan fingerprint density at radius 3 is 2.36 bits per heavy atom. The third-order valence-electron chi connectivity index (χ3n) is 7.63. The highest BCUT2D eigenvalue weighted by atomic mass is 32.2. The molecule has 2 saturated heterocycles. The first kappa shape index (κ1) is 18.6. The Bertz CT molecular complexity index is 846. The van der Waals surface area contributed by atoms with E-state index >= 15 is 0 Å². The van der Waals surface area contributed by atoms with Crippen LogP contribution in [0, 0.1) is 0 Å². The molecule has 0 aromatic heterocycles. The van der Waals surface area contributed by atoms with Crippen molar-refractivity contribution in [1.29, 1.82) is 0 Å². The topological polar surface area (TPSA) is 57.7 Å². The first-order valence-electron chi connectivity index (χ1n) is 10.9. The summed E-state index contributed by atoms with van der Waals surface area (Å²) < 4.78 is 28.3. The molecule has 0 bridgehead atoms. The fourth-order valence-corrected chi connectivity index (χ4v) is 7.99. The van der Waals surface area contributed by atoms with Gasteiger partial charge in [-0.25, -0.2) is 8.42 Å². The summed E-state index contributed by atoms with van der Waals surface area (Å²) in [5.41, 5.74) is 0.959. The molecule has 1 aromatic carbocycles. The van der Waals surface area contributed by atoms with E-state index in [9.17, 15) is 13.2 Å². The third kappa shape index (κ3) is 2.91. The molecule has 0 unspecified atom stereocenters. The van der Waals surface area contributed by atoms with Gasteiger partial charge in [0, 0.05) is 31.0 Å². The summed E-state index contributed by atoms with van der Waals surface area (Å²) in [6.07, 6.45) is 8.14. The van der Waals surface area contributed by atoms with Gasteiger partial charge in [-0.3, -0.25) is 4.79 Å². The zero-order valence-electron chi connectivity index (χ0n) is 16.4. The molecule has 28 heavy (non-hydrogen) atoms. The molecule has 2 heterocycles. The molecule has 0 radical (unpaired) electrons. The number of hydrogen-bond acceptors (Lipinski definition) is 3. The lowest BCUT2D eigenvalue weighted by Crippen LogP contribution is -2.52. The van der Waals surface area contributed by atoms with E-state index in [0.717, 1.165) is 38.5 Å². The molecule has 2 aliphatic heterocycles. The van der Waals surface area contributed by atoms with Crippen LogP contribution in [0.5, 0.6) is 0 Å². The van der Waals surface area contributed by atoms with Crippen molar-refractivity contribution < 1.29 is 13.2 Å². The lowest BCUT2D eigenvalue weighted by molar-refractivity contribution is -0.133. The summed E-state index contributed by atoms with van der Waals surface area (Å²) in [4.78, 5) is 15.1. The van der Waals surface area contributed by atoms with Crippen LogP contribution in [0.1, 0.15) is 63.4 Å². The summed E-state index contributed by atoms with van der Waals surface area (Å²) in [5, 5.41) is -0.196. The van der Waals surface area contributed by atoms with Crippen LogP contribution < -0.4 is 0 Å². The molecule has 1 aromatic rings. The standard InChI is InChI=1S/C22H30N2O3S/c25-21-12-13-22(17-6-2-1-3-7-17)14-15-24(28(26,27)19-10-11-19)20(22)16-23(21)18-8-4-5-9-18/h1-3,6-7,18-20H,4-5,8-16H2/t20-,22+/m0/s1. The second-order valence-corrected chi connectivity index (χ2v) is 11.3. The Balaban J connectivity index is 1.57. The number of benzene rings is 1. The lowest BCUT2D eigenvalue weighted by Gasteiger charge is -2.39. The van der Waals surface area contributed by atoms with Gasteiger partial charge in [0.2, 0.25) is 15.9 Å². The van der Waals surface area contributed by atoms with Gasteiger partial charge < -0.3 is 4.90 Å². The number of amides is 1. The summed E-state index contributed by atoms with van der Waals surface area (Å²) in [5.74, 6) is 0.223. The number of carbonyl (C=O) groups excluding carboxylic acids is 1. The fraction of sp³-hybridized carbons (Fsp3) is 0.682. The van der Waals surface area contributed by atoms with Crippen molar-refractivity contribution in [2.45, 2.75) is 80.5 Å². The van der Waals surface area contributed by atoms with Crippen LogP contribution in [0.3, 0.4) is 0 Å². The number of nitrogens with zero attached hydrogens (tertiary/aromatic N) is 2. The van der Waals surface area contributed by atoms with E-state index < -0.39 is 10.0 Å². The molecule has 6 heteroatoms. The number of fused-ring (bicyclic) bond motifs is 1. The molecule has 0 spiro atoms. The SMILES string of the molecule is O=C1CC[C@]2(c3ccccc3)CCN(S(=O)(=O)C3CC3)[C@H]2CN1C1CCCC1. The van der Waals surface area contributed by atoms with Crippen molar-refractivity contribution in [1.82, 2.24) is 9.21 Å². The van der Waals surface area contributed by atoms with Gasteiger partial charge in [-0.1, -0.05) is 43.2 Å². The van der Waals surface area contributed by atoms with Crippen LogP contribution in [0.4, 0.5) is 0 Å². The second-order valence-electron chi connectivity index (χ2n) is 9.13. The first-order chi connectivity index (χ1) is 13.5. The van der Waals surface area contributed by atoms with Crippen LogP contribution in [0.15, 0.2) is 30.3 Å². The van der Waals surface area contributed by atoms with Crippen LogP contribution in [0.25, 0.3) is 0 Å². The molecule has 2 saturated carbocycles. The maximum absolute atomic E-state index is 13.3.